The minimum Gasteiger partial charge on any atom is -0.550 e. The SMILES string of the molecule is Cc1cc(C)cc(C2=C3N=CC=C3C[NH+]2OC2C(Oc3ccc4c(=O)c(-c5ccc(O)cc5)coc4c3)OC(COC(=O)CC(=O)[O-])C(O)C2O)c1. The van der Waals surface area contributed by atoms with Gasteiger partial charge in [0.25, 0.3) is 0 Å². The Hall–Kier alpha value is -5.64. The van der Waals surface area contributed by atoms with Gasteiger partial charge in [0.2, 0.25) is 12.4 Å². The van der Waals surface area contributed by atoms with Crippen LogP contribution in [-0.4, -0.2) is 77.3 Å². The van der Waals surface area contributed by atoms with E-state index < -0.39 is 55.7 Å². The first-order valence-corrected chi connectivity index (χ1v) is 16.4. The van der Waals surface area contributed by atoms with Gasteiger partial charge in [-0.3, -0.25) is 9.59 Å². The molecule has 0 aliphatic carbocycles. The second-order valence-electron chi connectivity index (χ2n) is 12.8. The molecule has 3 aliphatic heterocycles. The van der Waals surface area contributed by atoms with Crippen LogP contribution in [0.25, 0.3) is 27.8 Å². The van der Waals surface area contributed by atoms with Gasteiger partial charge >= 0.3 is 5.97 Å². The van der Waals surface area contributed by atoms with E-state index in [1.54, 1.807) is 18.3 Å². The molecule has 3 aliphatic rings. The number of aliphatic carboxylic acids is 1. The van der Waals surface area contributed by atoms with Crippen LogP contribution in [0.4, 0.5) is 0 Å². The highest BCUT2D eigenvalue weighted by Crippen LogP contribution is 2.32. The summed E-state index contributed by atoms with van der Waals surface area (Å²) >= 11 is 0. The molecule has 268 valence electrons. The van der Waals surface area contributed by atoms with Crippen LogP contribution in [0.2, 0.25) is 0 Å². The maximum atomic E-state index is 13.4. The quantitative estimate of drug-likeness (QED) is 0.134. The number of aromatic hydroxyl groups is 1. The Balaban J connectivity index is 1.20. The van der Waals surface area contributed by atoms with E-state index in [1.165, 1.54) is 36.6 Å². The number of benzene rings is 3. The topological polar surface area (TPSA) is 202 Å². The number of aliphatic hydroxyl groups excluding tert-OH is 2. The Morgan fingerprint density at radius 1 is 1.00 bits per heavy atom. The van der Waals surface area contributed by atoms with Crippen LogP contribution in [0.15, 0.2) is 98.5 Å². The summed E-state index contributed by atoms with van der Waals surface area (Å²) in [6.07, 6.45) is -3.56. The van der Waals surface area contributed by atoms with Gasteiger partial charge in [0.15, 0.2) is 11.1 Å². The number of hydroxylamine groups is 2. The van der Waals surface area contributed by atoms with Crippen molar-refractivity contribution in [3.8, 4) is 22.6 Å². The Labute approximate surface area is 296 Å². The number of allylic oxidation sites excluding steroid dienone is 1. The summed E-state index contributed by atoms with van der Waals surface area (Å²) in [7, 11) is 0. The van der Waals surface area contributed by atoms with Crippen molar-refractivity contribution < 1.29 is 58.5 Å². The molecular formula is C38H34N2O12. The fourth-order valence-electron chi connectivity index (χ4n) is 6.57. The number of carboxylic acid groups (broad SMARTS) is 1. The maximum absolute atomic E-state index is 13.4. The molecule has 3 aromatic carbocycles. The monoisotopic (exact) mass is 710 g/mol. The number of aliphatic imine (C=N–C) groups is 1. The van der Waals surface area contributed by atoms with Crippen LogP contribution in [0.3, 0.4) is 0 Å². The summed E-state index contributed by atoms with van der Waals surface area (Å²) in [5.74, 6) is -2.56. The molecule has 6 atom stereocenters. The number of aliphatic hydroxyl groups is 2. The van der Waals surface area contributed by atoms with E-state index in [-0.39, 0.29) is 33.5 Å². The molecule has 14 heteroatoms. The Bertz CT molecular complexity index is 2190. The van der Waals surface area contributed by atoms with Gasteiger partial charge in [-0.15, -0.1) is 0 Å². The fraction of sp³-hybridized carbons (Fsp3) is 0.263. The standard InChI is InChI=1S/C38H34N2O12/c1-19-11-20(2)13-23(12-19)33-32-22(9-10-39-32)16-40(33)52-37-36(47)35(46)29(18-49-31(44)15-30(42)43)51-38(37)50-25-7-8-26-28(14-25)48-17-27(34(26)45)21-3-5-24(41)6-4-21/h3-14,17,29,35-38,41,46-47H,15-16,18H2,1-2H3,(H,42,43). The number of quaternary nitrogens is 1. The highest BCUT2D eigenvalue weighted by Gasteiger charge is 2.51. The number of phenols is 1. The van der Waals surface area contributed by atoms with Crippen LogP contribution in [-0.2, 0) is 23.9 Å². The van der Waals surface area contributed by atoms with E-state index in [2.05, 4.69) is 4.99 Å². The van der Waals surface area contributed by atoms with Gasteiger partial charge in [-0.05, 0) is 61.9 Å². The molecule has 0 radical (unpaired) electrons. The smallest absolute Gasteiger partial charge is 0.311 e. The van der Waals surface area contributed by atoms with Gasteiger partial charge in [0.1, 0.15) is 60.5 Å². The van der Waals surface area contributed by atoms with Crippen molar-refractivity contribution in [3.63, 3.8) is 0 Å². The summed E-state index contributed by atoms with van der Waals surface area (Å²) in [5, 5.41) is 43.9. The summed E-state index contributed by atoms with van der Waals surface area (Å²) in [6, 6.07) is 16.6. The van der Waals surface area contributed by atoms with E-state index in [1.807, 2.05) is 38.1 Å². The molecule has 1 fully saturated rings. The second kappa shape index (κ2) is 14.2. The Morgan fingerprint density at radius 2 is 1.75 bits per heavy atom. The third kappa shape index (κ3) is 6.97. The lowest BCUT2D eigenvalue weighted by atomic mass is 9.99. The molecule has 0 amide bonds. The number of hydrogen-bond acceptors (Lipinski definition) is 13. The molecule has 14 nitrogen and oxygen atoms in total. The number of fused-ring (bicyclic) bond motifs is 2. The predicted octanol–water partition coefficient (Wildman–Crippen LogP) is 0.869. The molecule has 4 aromatic rings. The lowest BCUT2D eigenvalue weighted by molar-refractivity contribution is -1.04. The van der Waals surface area contributed by atoms with Crippen LogP contribution in [0.1, 0.15) is 23.1 Å². The van der Waals surface area contributed by atoms with Crippen molar-refractivity contribution in [2.45, 2.75) is 51.0 Å². The summed E-state index contributed by atoms with van der Waals surface area (Å²) in [4.78, 5) is 47.3. The Morgan fingerprint density at radius 3 is 2.48 bits per heavy atom. The number of carboxylic acids is 1. The van der Waals surface area contributed by atoms with Crippen molar-refractivity contribution in [2.75, 3.05) is 13.2 Å². The van der Waals surface area contributed by atoms with Crippen molar-refractivity contribution in [3.05, 3.63) is 111 Å². The summed E-state index contributed by atoms with van der Waals surface area (Å²) in [6.45, 7) is 3.67. The van der Waals surface area contributed by atoms with Gasteiger partial charge in [-0.1, -0.05) is 29.3 Å². The molecule has 6 unspecified atom stereocenters. The molecule has 0 spiro atoms. The molecule has 1 aromatic heterocycles. The number of nitrogens with zero attached hydrogens (tertiary/aromatic N) is 1. The first-order chi connectivity index (χ1) is 24.9. The van der Waals surface area contributed by atoms with Gasteiger partial charge in [0.05, 0.1) is 23.3 Å². The van der Waals surface area contributed by atoms with Gasteiger partial charge in [-0.25, -0.2) is 4.99 Å². The van der Waals surface area contributed by atoms with E-state index >= 15 is 0 Å². The zero-order valence-electron chi connectivity index (χ0n) is 28.0. The fourth-order valence-corrected chi connectivity index (χ4v) is 6.57. The van der Waals surface area contributed by atoms with Crippen LogP contribution >= 0.6 is 0 Å². The third-order valence-electron chi connectivity index (χ3n) is 8.96. The molecular weight excluding hydrogens is 676 g/mol. The van der Waals surface area contributed by atoms with Crippen LogP contribution in [0, 0.1) is 13.8 Å². The number of rotatable bonds is 10. The van der Waals surface area contributed by atoms with Gasteiger partial charge < -0.3 is 43.8 Å². The molecule has 52 heavy (non-hydrogen) atoms. The van der Waals surface area contributed by atoms with Crippen LogP contribution < -0.4 is 20.3 Å². The lowest BCUT2D eigenvalue weighted by Gasteiger charge is -2.41. The second-order valence-corrected chi connectivity index (χ2v) is 12.8. The summed E-state index contributed by atoms with van der Waals surface area (Å²) in [5.41, 5.74) is 5.92. The number of carbonyl (C=O) groups is 2. The minimum absolute atomic E-state index is 0.0523. The molecule has 4 heterocycles. The Kier molecular flexibility index (Phi) is 9.48. The average molecular weight is 711 g/mol. The molecule has 4 N–H and O–H groups in total. The number of nitrogens with one attached hydrogen (secondary N) is 1. The predicted molar refractivity (Wildman–Crippen MR) is 182 cm³/mol. The first-order valence-electron chi connectivity index (χ1n) is 16.4. The normalized spacial score (nSPS) is 23.8. The van der Waals surface area contributed by atoms with Crippen LogP contribution in [0.5, 0.6) is 11.5 Å². The van der Waals surface area contributed by atoms with E-state index in [9.17, 15) is 34.8 Å². The van der Waals surface area contributed by atoms with E-state index in [0.29, 0.717) is 22.9 Å². The number of hydrogen-bond donors (Lipinski definition) is 4. The summed E-state index contributed by atoms with van der Waals surface area (Å²) < 4.78 is 23.1. The van der Waals surface area contributed by atoms with E-state index in [0.717, 1.165) is 28.0 Å². The number of phenolic OH excluding ortho intramolecular Hbond substituents is 1. The average Bonchev–Trinajstić information content (AvgIpc) is 3.68. The zero-order valence-corrected chi connectivity index (χ0v) is 28.0. The first kappa shape index (κ1) is 34.8. The number of esters is 1. The largest absolute Gasteiger partial charge is 0.550 e. The minimum atomic E-state index is -1.65. The maximum Gasteiger partial charge on any atom is 0.311 e. The zero-order chi connectivity index (χ0) is 36.7. The van der Waals surface area contributed by atoms with Gasteiger partial charge in [-0.2, -0.15) is 9.90 Å². The number of ether oxygens (including phenoxy) is 3. The van der Waals surface area contributed by atoms with Gasteiger partial charge in [0, 0.05) is 23.4 Å². The number of carbonyl (C=O) groups excluding carboxylic acids is 2. The van der Waals surface area contributed by atoms with Crippen molar-refractivity contribution in [1.82, 2.24) is 0 Å². The molecule has 0 bridgehead atoms. The molecule has 0 saturated carbocycles. The molecule has 1 saturated heterocycles. The number of aryl methyl sites for hydroxylation is 2. The highest BCUT2D eigenvalue weighted by molar-refractivity contribution is 5.89. The van der Waals surface area contributed by atoms with Crippen molar-refractivity contribution >= 4 is 34.8 Å². The highest BCUT2D eigenvalue weighted by atomic mass is 16.8. The molecule has 7 rings (SSSR count). The van der Waals surface area contributed by atoms with E-state index in [4.69, 9.17) is 23.5 Å². The van der Waals surface area contributed by atoms with Crippen molar-refractivity contribution in [1.29, 1.82) is 0 Å². The third-order valence-corrected chi connectivity index (χ3v) is 8.96. The van der Waals surface area contributed by atoms with Crippen molar-refractivity contribution in [2.24, 2.45) is 4.99 Å². The lowest BCUT2D eigenvalue weighted by Crippen LogP contribution is -3.08.